The van der Waals surface area contributed by atoms with Crippen molar-refractivity contribution < 1.29 is 38.2 Å². The molecule has 0 N–H and O–H groups in total. The van der Waals surface area contributed by atoms with Gasteiger partial charge in [-0.15, -0.1) is 0 Å². The fourth-order valence-electron chi connectivity index (χ4n) is 6.54. The molecule has 0 aliphatic rings. The summed E-state index contributed by atoms with van der Waals surface area (Å²) in [5, 5.41) is 11.6. The molecule has 0 bridgehead atoms. The monoisotopic (exact) mass is 826 g/mol. The highest BCUT2D eigenvalue weighted by Gasteiger charge is 2.25. The molecule has 0 aromatic rings. The van der Waals surface area contributed by atoms with E-state index in [1.165, 1.54) is 83.5 Å². The molecule has 2 unspecified atom stereocenters. The van der Waals surface area contributed by atoms with E-state index in [-0.39, 0.29) is 42.7 Å². The second-order valence-corrected chi connectivity index (χ2v) is 16.7. The third-order valence-electron chi connectivity index (χ3n) is 10.2. The zero-order chi connectivity index (χ0) is 43.5. The summed E-state index contributed by atoms with van der Waals surface area (Å²) in [5.74, 6) is -1.77. The number of esters is 2. The first-order valence-corrected chi connectivity index (χ1v) is 23.5. The highest BCUT2D eigenvalue weighted by atomic mass is 16.6. The minimum atomic E-state index is -1.13. The Hall–Kier alpha value is -3.23. The number of allylic oxidation sites excluding steroid dienone is 12. The molecule has 0 rings (SSSR count). The first kappa shape index (κ1) is 55.8. The van der Waals surface area contributed by atoms with Crippen LogP contribution in [0.3, 0.4) is 0 Å². The average Bonchev–Trinajstić information content (AvgIpc) is 3.19. The molecular weight excluding hydrogens is 739 g/mol. The van der Waals surface area contributed by atoms with Crippen molar-refractivity contribution in [1.29, 1.82) is 0 Å². The number of hydrogen-bond donors (Lipinski definition) is 0. The molecule has 0 saturated carbocycles. The summed E-state index contributed by atoms with van der Waals surface area (Å²) in [7, 11) is 5.39. The van der Waals surface area contributed by atoms with Crippen molar-refractivity contribution >= 4 is 17.9 Å². The third kappa shape index (κ3) is 40.0. The number of ether oxygens (including phenoxy) is 3. The summed E-state index contributed by atoms with van der Waals surface area (Å²) in [6.07, 6.45) is 52.1. The number of unbranched alkanes of at least 4 members (excludes halogenated alkanes) is 19. The van der Waals surface area contributed by atoms with E-state index in [9.17, 15) is 19.5 Å². The van der Waals surface area contributed by atoms with Gasteiger partial charge in [-0.3, -0.25) is 9.59 Å². The highest BCUT2D eigenvalue weighted by molar-refractivity contribution is 5.70. The molecule has 0 spiro atoms. The van der Waals surface area contributed by atoms with Gasteiger partial charge in [-0.2, -0.15) is 0 Å². The lowest BCUT2D eigenvalue weighted by Crippen LogP contribution is -2.55. The smallest absolute Gasteiger partial charge is 0.306 e. The number of carbonyl (C=O) groups is 3. The number of rotatable bonds is 41. The Labute approximate surface area is 361 Å². The summed E-state index contributed by atoms with van der Waals surface area (Å²) in [5.41, 5.74) is 0. The molecule has 59 heavy (non-hydrogen) atoms. The normalized spacial score (nSPS) is 13.6. The molecule has 0 heterocycles. The summed E-state index contributed by atoms with van der Waals surface area (Å²) in [6, 6.07) is -0.733. The van der Waals surface area contributed by atoms with Gasteiger partial charge in [-0.1, -0.05) is 177 Å². The van der Waals surface area contributed by atoms with Crippen LogP contribution in [0.4, 0.5) is 0 Å². The molecule has 0 saturated heterocycles. The maximum atomic E-state index is 12.8. The first-order valence-electron chi connectivity index (χ1n) is 23.5. The maximum absolute atomic E-state index is 12.8. The number of nitrogens with zero attached hydrogens (tertiary/aromatic N) is 1. The fourth-order valence-corrected chi connectivity index (χ4v) is 6.54. The second kappa shape index (κ2) is 41.5. The molecule has 8 nitrogen and oxygen atoms in total. The number of quaternary nitrogens is 1. The van der Waals surface area contributed by atoms with E-state index >= 15 is 0 Å². The third-order valence-corrected chi connectivity index (χ3v) is 10.2. The Kier molecular flexibility index (Phi) is 39.2. The van der Waals surface area contributed by atoms with Gasteiger partial charge in [0.1, 0.15) is 12.6 Å². The molecule has 0 fully saturated rings. The molecular formula is C51H87NO7. The standard InChI is InChI=1S/C51H87NO7/c1-6-8-10-12-14-16-18-20-22-23-24-25-26-28-30-32-34-36-38-40-42-50(54)59-47(45-57-44-43-48(51(55)56)52(3,4)5)46-58-49(53)41-39-37-35-33-31-29-27-21-19-17-15-13-11-9-7-2/h9,11,13,15-22,27,47-48H,6-8,10,12,14,23-26,28-46H2,1-5H3/b11-9+,15-13+,18-16+,19-17+,22-20+,27-21+. The topological polar surface area (TPSA) is 102 Å². The Balaban J connectivity index is 4.34. The van der Waals surface area contributed by atoms with Gasteiger partial charge >= 0.3 is 11.9 Å². The van der Waals surface area contributed by atoms with E-state index in [4.69, 9.17) is 14.2 Å². The lowest BCUT2D eigenvalue weighted by Gasteiger charge is -2.34. The van der Waals surface area contributed by atoms with Crippen molar-refractivity contribution in [2.45, 2.75) is 193 Å². The van der Waals surface area contributed by atoms with Crippen LogP contribution in [0.5, 0.6) is 0 Å². The van der Waals surface area contributed by atoms with Crippen molar-refractivity contribution in [3.63, 3.8) is 0 Å². The van der Waals surface area contributed by atoms with Crippen LogP contribution in [0.15, 0.2) is 72.9 Å². The van der Waals surface area contributed by atoms with Gasteiger partial charge in [0.05, 0.1) is 40.3 Å². The van der Waals surface area contributed by atoms with Crippen molar-refractivity contribution in [1.82, 2.24) is 0 Å². The van der Waals surface area contributed by atoms with Crippen LogP contribution in [0, 0.1) is 0 Å². The lowest BCUT2D eigenvalue weighted by atomic mass is 10.1. The van der Waals surface area contributed by atoms with Crippen LogP contribution in [0.2, 0.25) is 0 Å². The van der Waals surface area contributed by atoms with Crippen molar-refractivity contribution in [3.8, 4) is 0 Å². The Morgan fingerprint density at radius 1 is 0.525 bits per heavy atom. The summed E-state index contributed by atoms with van der Waals surface area (Å²) < 4.78 is 17.2. The number of carboxylic acid groups (broad SMARTS) is 1. The molecule has 0 radical (unpaired) electrons. The zero-order valence-corrected chi connectivity index (χ0v) is 38.4. The average molecular weight is 826 g/mol. The van der Waals surface area contributed by atoms with Crippen LogP contribution >= 0.6 is 0 Å². The van der Waals surface area contributed by atoms with Crippen LogP contribution in [0.1, 0.15) is 181 Å². The minimum Gasteiger partial charge on any atom is -0.544 e. The number of likely N-dealkylation sites (N-methyl/N-ethyl adjacent to an activating group) is 1. The molecule has 0 amide bonds. The van der Waals surface area contributed by atoms with E-state index < -0.39 is 18.1 Å². The van der Waals surface area contributed by atoms with Crippen molar-refractivity contribution in [2.75, 3.05) is 41.0 Å². The van der Waals surface area contributed by atoms with Crippen LogP contribution in [0.25, 0.3) is 0 Å². The lowest BCUT2D eigenvalue weighted by molar-refractivity contribution is -0.889. The summed E-state index contributed by atoms with van der Waals surface area (Å²) >= 11 is 0. The van der Waals surface area contributed by atoms with Crippen LogP contribution in [-0.2, 0) is 28.6 Å². The highest BCUT2D eigenvalue weighted by Crippen LogP contribution is 2.14. The predicted molar refractivity (Wildman–Crippen MR) is 245 cm³/mol. The first-order chi connectivity index (χ1) is 28.6. The number of carbonyl (C=O) groups excluding carboxylic acids is 3. The fraction of sp³-hybridized carbons (Fsp3) is 0.706. The largest absolute Gasteiger partial charge is 0.544 e. The van der Waals surface area contributed by atoms with Gasteiger partial charge in [0.15, 0.2) is 6.10 Å². The van der Waals surface area contributed by atoms with E-state index in [0.717, 1.165) is 64.2 Å². The Bertz CT molecular complexity index is 1190. The summed E-state index contributed by atoms with van der Waals surface area (Å²) in [6.45, 7) is 4.47. The SMILES string of the molecule is CC/C=C/C=C/C=C/C=C/CCCCCCCC(=O)OCC(COCCC(C(=O)[O-])[N+](C)(C)C)OC(=O)CCCCCCCCCCCC/C=C/C=C/CCCCCC. The number of carboxylic acids is 1. The molecule has 0 aliphatic heterocycles. The van der Waals surface area contributed by atoms with Gasteiger partial charge < -0.3 is 28.6 Å². The van der Waals surface area contributed by atoms with Crippen LogP contribution < -0.4 is 5.11 Å². The number of aliphatic carboxylic acids is 1. The molecule has 2 atom stereocenters. The molecule has 8 heteroatoms. The van der Waals surface area contributed by atoms with E-state index in [2.05, 4.69) is 62.5 Å². The number of hydrogen-bond acceptors (Lipinski definition) is 7. The predicted octanol–water partition coefficient (Wildman–Crippen LogP) is 11.8. The van der Waals surface area contributed by atoms with Crippen LogP contribution in [-0.4, -0.2) is 75.5 Å². The van der Waals surface area contributed by atoms with Gasteiger partial charge in [0.25, 0.3) is 0 Å². The Morgan fingerprint density at radius 2 is 0.949 bits per heavy atom. The van der Waals surface area contributed by atoms with Gasteiger partial charge in [-0.25, -0.2) is 0 Å². The quantitative estimate of drug-likeness (QED) is 0.0262. The van der Waals surface area contributed by atoms with E-state index in [1.54, 1.807) is 21.1 Å². The van der Waals surface area contributed by atoms with Gasteiger partial charge in [-0.05, 0) is 57.8 Å². The molecule has 0 aliphatic carbocycles. The van der Waals surface area contributed by atoms with E-state index in [1.807, 2.05) is 24.3 Å². The molecule has 0 aromatic heterocycles. The molecule has 338 valence electrons. The van der Waals surface area contributed by atoms with Crippen molar-refractivity contribution in [3.05, 3.63) is 72.9 Å². The van der Waals surface area contributed by atoms with E-state index in [0.29, 0.717) is 12.8 Å². The minimum absolute atomic E-state index is 0.0282. The van der Waals surface area contributed by atoms with Gasteiger partial charge in [0, 0.05) is 19.3 Å². The Morgan fingerprint density at radius 3 is 1.42 bits per heavy atom. The van der Waals surface area contributed by atoms with Gasteiger partial charge in [0.2, 0.25) is 0 Å². The summed E-state index contributed by atoms with van der Waals surface area (Å²) in [4.78, 5) is 36.9. The van der Waals surface area contributed by atoms with Crippen molar-refractivity contribution in [2.24, 2.45) is 0 Å². The molecule has 0 aromatic carbocycles. The zero-order valence-electron chi connectivity index (χ0n) is 38.4. The second-order valence-electron chi connectivity index (χ2n) is 16.7. The maximum Gasteiger partial charge on any atom is 0.306 e.